The Hall–Kier alpha value is -2.37. The maximum atomic E-state index is 13.6. The first-order valence-electron chi connectivity index (χ1n) is 6.23. The topological polar surface area (TPSA) is 69.6 Å². The zero-order valence-corrected chi connectivity index (χ0v) is 11.0. The van der Waals surface area contributed by atoms with Crippen molar-refractivity contribution in [3.05, 3.63) is 35.7 Å². The lowest BCUT2D eigenvalue weighted by atomic mass is 10.1. The SMILES string of the molecule is CC1C(=O)NCCN1c1cc(F)cc(/C=C/C(=O)O)c1. The predicted molar refractivity (Wildman–Crippen MR) is 72.9 cm³/mol. The summed E-state index contributed by atoms with van der Waals surface area (Å²) in [5.74, 6) is -1.67. The van der Waals surface area contributed by atoms with Crippen LogP contribution in [0.1, 0.15) is 12.5 Å². The minimum absolute atomic E-state index is 0.108. The Kier molecular flexibility index (Phi) is 4.02. The van der Waals surface area contributed by atoms with Crippen molar-refractivity contribution in [2.45, 2.75) is 13.0 Å². The summed E-state index contributed by atoms with van der Waals surface area (Å²) in [6.45, 7) is 2.82. The van der Waals surface area contributed by atoms with Crippen molar-refractivity contribution in [2.75, 3.05) is 18.0 Å². The van der Waals surface area contributed by atoms with Crippen molar-refractivity contribution < 1.29 is 19.1 Å². The number of piperazine rings is 1. The van der Waals surface area contributed by atoms with Crippen molar-refractivity contribution in [2.24, 2.45) is 0 Å². The molecule has 1 aromatic rings. The van der Waals surface area contributed by atoms with Crippen LogP contribution in [0.5, 0.6) is 0 Å². The van der Waals surface area contributed by atoms with Gasteiger partial charge in [-0.05, 0) is 36.8 Å². The van der Waals surface area contributed by atoms with Crippen molar-refractivity contribution in [3.8, 4) is 0 Å². The lowest BCUT2D eigenvalue weighted by Gasteiger charge is -2.34. The van der Waals surface area contributed by atoms with E-state index < -0.39 is 11.8 Å². The highest BCUT2D eigenvalue weighted by molar-refractivity contribution is 5.87. The van der Waals surface area contributed by atoms with Crippen LogP contribution in [-0.4, -0.2) is 36.1 Å². The number of nitrogens with zero attached hydrogens (tertiary/aromatic N) is 1. The van der Waals surface area contributed by atoms with E-state index in [4.69, 9.17) is 5.11 Å². The summed E-state index contributed by atoms with van der Waals surface area (Å²) in [6.07, 6.45) is 2.27. The molecule has 2 rings (SSSR count). The summed E-state index contributed by atoms with van der Waals surface area (Å²) >= 11 is 0. The van der Waals surface area contributed by atoms with Crippen molar-refractivity contribution in [1.29, 1.82) is 0 Å². The minimum atomic E-state index is -1.10. The van der Waals surface area contributed by atoms with Crippen LogP contribution >= 0.6 is 0 Å². The Morgan fingerprint density at radius 1 is 1.50 bits per heavy atom. The first kappa shape index (κ1) is 14.0. The van der Waals surface area contributed by atoms with Gasteiger partial charge in [-0.15, -0.1) is 0 Å². The molecule has 1 fully saturated rings. The molecule has 1 atom stereocenters. The van der Waals surface area contributed by atoms with Gasteiger partial charge in [-0.3, -0.25) is 4.79 Å². The van der Waals surface area contributed by atoms with Crippen LogP contribution in [0.4, 0.5) is 10.1 Å². The number of nitrogens with one attached hydrogen (secondary N) is 1. The Labute approximate surface area is 115 Å². The molecule has 1 aliphatic rings. The van der Waals surface area contributed by atoms with Crippen LogP contribution in [0, 0.1) is 5.82 Å². The molecule has 2 N–H and O–H groups in total. The molecule has 6 heteroatoms. The number of carbonyl (C=O) groups excluding carboxylic acids is 1. The second-order valence-electron chi connectivity index (χ2n) is 4.57. The van der Waals surface area contributed by atoms with Crippen LogP contribution in [0.15, 0.2) is 24.3 Å². The first-order valence-corrected chi connectivity index (χ1v) is 6.23. The highest BCUT2D eigenvalue weighted by Crippen LogP contribution is 2.22. The van der Waals surface area contributed by atoms with Crippen molar-refractivity contribution in [1.82, 2.24) is 5.32 Å². The minimum Gasteiger partial charge on any atom is -0.478 e. The van der Waals surface area contributed by atoms with Gasteiger partial charge in [-0.25, -0.2) is 9.18 Å². The fourth-order valence-corrected chi connectivity index (χ4v) is 2.16. The molecule has 1 unspecified atom stereocenters. The summed E-state index contributed by atoms with van der Waals surface area (Å²) in [5.41, 5.74) is 1.01. The molecular formula is C14H15FN2O3. The van der Waals surface area contributed by atoms with E-state index in [9.17, 15) is 14.0 Å². The number of hydrogen-bond donors (Lipinski definition) is 2. The average Bonchev–Trinajstić information content (AvgIpc) is 2.39. The number of hydrogen-bond acceptors (Lipinski definition) is 3. The van der Waals surface area contributed by atoms with Gasteiger partial charge in [0.1, 0.15) is 11.9 Å². The lowest BCUT2D eigenvalue weighted by Crippen LogP contribution is -2.54. The van der Waals surface area contributed by atoms with Gasteiger partial charge < -0.3 is 15.3 Å². The number of rotatable bonds is 3. The van der Waals surface area contributed by atoms with Crippen molar-refractivity contribution >= 4 is 23.6 Å². The van der Waals surface area contributed by atoms with Gasteiger partial charge in [0.15, 0.2) is 0 Å². The van der Waals surface area contributed by atoms with E-state index >= 15 is 0 Å². The highest BCUT2D eigenvalue weighted by atomic mass is 19.1. The number of benzene rings is 1. The van der Waals surface area contributed by atoms with E-state index in [1.54, 1.807) is 17.9 Å². The number of halogens is 1. The van der Waals surface area contributed by atoms with Gasteiger partial charge in [0.05, 0.1) is 0 Å². The smallest absolute Gasteiger partial charge is 0.328 e. The summed E-state index contributed by atoms with van der Waals surface area (Å²) in [5, 5.41) is 11.3. The molecule has 1 amide bonds. The lowest BCUT2D eigenvalue weighted by molar-refractivity contribution is -0.131. The maximum Gasteiger partial charge on any atom is 0.328 e. The standard InChI is InChI=1S/C14H15FN2O3/c1-9-14(20)16-4-5-17(9)12-7-10(2-3-13(18)19)6-11(15)8-12/h2-3,6-9H,4-5H2,1H3,(H,16,20)(H,18,19)/b3-2+. The van der Waals surface area contributed by atoms with Gasteiger partial charge in [0.25, 0.3) is 0 Å². The largest absolute Gasteiger partial charge is 0.478 e. The predicted octanol–water partition coefficient (Wildman–Crippen LogP) is 1.25. The monoisotopic (exact) mass is 278 g/mol. The number of carboxylic acids is 1. The van der Waals surface area contributed by atoms with Crippen LogP contribution in [-0.2, 0) is 9.59 Å². The van der Waals surface area contributed by atoms with Gasteiger partial charge in [-0.1, -0.05) is 0 Å². The van der Waals surface area contributed by atoms with Crippen LogP contribution < -0.4 is 10.2 Å². The zero-order valence-electron chi connectivity index (χ0n) is 11.0. The van der Waals surface area contributed by atoms with Crippen LogP contribution in [0.3, 0.4) is 0 Å². The molecule has 0 saturated carbocycles. The number of anilines is 1. The molecule has 0 aliphatic carbocycles. The fraction of sp³-hybridized carbons (Fsp3) is 0.286. The molecule has 1 saturated heterocycles. The van der Waals surface area contributed by atoms with Crippen LogP contribution in [0.2, 0.25) is 0 Å². The summed E-state index contributed by atoms with van der Waals surface area (Å²) in [4.78, 5) is 23.9. The third kappa shape index (κ3) is 3.14. The summed E-state index contributed by atoms with van der Waals surface area (Å²) in [7, 11) is 0. The van der Waals surface area contributed by atoms with E-state index in [1.807, 2.05) is 0 Å². The average molecular weight is 278 g/mol. The molecule has 5 nitrogen and oxygen atoms in total. The fourth-order valence-electron chi connectivity index (χ4n) is 2.16. The van der Waals surface area contributed by atoms with E-state index in [-0.39, 0.29) is 11.9 Å². The van der Waals surface area contributed by atoms with E-state index in [1.165, 1.54) is 18.2 Å². The molecule has 106 valence electrons. The highest BCUT2D eigenvalue weighted by Gasteiger charge is 2.25. The third-order valence-corrected chi connectivity index (χ3v) is 3.15. The van der Waals surface area contributed by atoms with Gasteiger partial charge >= 0.3 is 5.97 Å². The number of aliphatic carboxylic acids is 1. The van der Waals surface area contributed by atoms with Crippen molar-refractivity contribution in [3.63, 3.8) is 0 Å². The Balaban J connectivity index is 2.31. The van der Waals surface area contributed by atoms with E-state index in [0.717, 1.165) is 6.08 Å². The van der Waals surface area contributed by atoms with E-state index in [0.29, 0.717) is 24.3 Å². The second kappa shape index (κ2) is 5.73. The molecule has 20 heavy (non-hydrogen) atoms. The molecule has 1 aromatic carbocycles. The molecule has 1 aliphatic heterocycles. The van der Waals surface area contributed by atoms with Crippen LogP contribution in [0.25, 0.3) is 6.08 Å². The normalized spacial score (nSPS) is 19.2. The van der Waals surface area contributed by atoms with E-state index in [2.05, 4.69) is 5.32 Å². The molecule has 1 heterocycles. The Morgan fingerprint density at radius 3 is 2.95 bits per heavy atom. The molecular weight excluding hydrogens is 263 g/mol. The molecule has 0 bridgehead atoms. The molecule has 0 aromatic heterocycles. The van der Waals surface area contributed by atoms with Gasteiger partial charge in [0, 0.05) is 24.9 Å². The third-order valence-electron chi connectivity index (χ3n) is 3.15. The number of amides is 1. The summed E-state index contributed by atoms with van der Waals surface area (Å²) in [6, 6.07) is 3.87. The molecule has 0 spiro atoms. The first-order chi connectivity index (χ1) is 9.47. The Bertz CT molecular complexity index is 572. The second-order valence-corrected chi connectivity index (χ2v) is 4.57. The van der Waals surface area contributed by atoms with Gasteiger partial charge in [0.2, 0.25) is 5.91 Å². The van der Waals surface area contributed by atoms with Gasteiger partial charge in [-0.2, -0.15) is 0 Å². The molecule has 0 radical (unpaired) electrons. The Morgan fingerprint density at radius 2 is 2.25 bits per heavy atom. The number of carbonyl (C=O) groups is 2. The maximum absolute atomic E-state index is 13.6. The summed E-state index contributed by atoms with van der Waals surface area (Å²) < 4.78 is 13.6. The zero-order chi connectivity index (χ0) is 14.7. The quantitative estimate of drug-likeness (QED) is 0.816. The number of carboxylic acid groups (broad SMARTS) is 1.